The Labute approximate surface area is 117 Å². The number of aromatic nitrogens is 1. The maximum atomic E-state index is 5.86. The fraction of sp³-hybridized carbons (Fsp3) is 0.0556. The van der Waals surface area contributed by atoms with Crippen LogP contribution in [0.5, 0.6) is 0 Å². The summed E-state index contributed by atoms with van der Waals surface area (Å²) in [5.41, 5.74) is 3.33. The van der Waals surface area contributed by atoms with Crippen LogP contribution in [0.2, 0.25) is 0 Å². The maximum absolute atomic E-state index is 5.86. The van der Waals surface area contributed by atoms with Crippen molar-refractivity contribution in [2.75, 3.05) is 0 Å². The van der Waals surface area contributed by atoms with Crippen molar-refractivity contribution in [1.29, 1.82) is 0 Å². The number of fused-ring (bicyclic) bond motifs is 2. The molecule has 0 fully saturated rings. The summed E-state index contributed by atoms with van der Waals surface area (Å²) in [6.07, 6.45) is 5.47. The predicted octanol–water partition coefficient (Wildman–Crippen LogP) is 4.33. The van der Waals surface area contributed by atoms with Crippen LogP contribution in [0.15, 0.2) is 67.1 Å². The predicted molar refractivity (Wildman–Crippen MR) is 80.1 cm³/mol. The molecule has 0 radical (unpaired) electrons. The number of hydrogen-bond donors (Lipinski definition) is 0. The van der Waals surface area contributed by atoms with Gasteiger partial charge in [0.2, 0.25) is 0 Å². The summed E-state index contributed by atoms with van der Waals surface area (Å²) in [7, 11) is 0. The molecule has 4 rings (SSSR count). The van der Waals surface area contributed by atoms with E-state index in [0.29, 0.717) is 0 Å². The molecule has 96 valence electrons. The van der Waals surface area contributed by atoms with E-state index in [1.807, 2.05) is 42.6 Å². The highest BCUT2D eigenvalue weighted by atomic mass is 16.5. The Morgan fingerprint density at radius 3 is 2.75 bits per heavy atom. The topological polar surface area (TPSA) is 22.1 Å². The normalized spacial score (nSPS) is 16.7. The Morgan fingerprint density at radius 1 is 0.900 bits per heavy atom. The molecular formula is C18H13NO. The van der Waals surface area contributed by atoms with Gasteiger partial charge < -0.3 is 4.74 Å². The van der Waals surface area contributed by atoms with Crippen LogP contribution in [0.25, 0.3) is 16.8 Å². The number of hydrogen-bond acceptors (Lipinski definition) is 2. The third kappa shape index (κ3) is 1.69. The minimum atomic E-state index is -0.137. The third-order valence-electron chi connectivity index (χ3n) is 3.69. The summed E-state index contributed by atoms with van der Waals surface area (Å²) in [4.78, 5) is 4.57. The van der Waals surface area contributed by atoms with Crippen molar-refractivity contribution >= 4 is 16.8 Å². The lowest BCUT2D eigenvalue weighted by molar-refractivity contribution is 0.178. The standard InChI is InChI=1S/C18H13NO/c1-3-7-15-13(5-1)9-11-19-17(15)18-16-8-4-2-6-14(16)10-12-20-18/h1-12,18H. The quantitative estimate of drug-likeness (QED) is 0.649. The van der Waals surface area contributed by atoms with E-state index in [1.54, 1.807) is 6.26 Å². The molecule has 1 unspecified atom stereocenters. The second kappa shape index (κ2) is 4.49. The van der Waals surface area contributed by atoms with Crippen molar-refractivity contribution in [3.8, 4) is 0 Å². The first-order valence-electron chi connectivity index (χ1n) is 6.68. The molecule has 0 bridgehead atoms. The zero-order valence-electron chi connectivity index (χ0n) is 10.9. The molecule has 1 aliphatic heterocycles. The van der Waals surface area contributed by atoms with Crippen molar-refractivity contribution in [2.45, 2.75) is 6.10 Å². The van der Waals surface area contributed by atoms with E-state index in [-0.39, 0.29) is 6.10 Å². The Balaban J connectivity index is 1.95. The molecule has 0 aliphatic carbocycles. The van der Waals surface area contributed by atoms with Gasteiger partial charge in [-0.2, -0.15) is 0 Å². The van der Waals surface area contributed by atoms with E-state index in [4.69, 9.17) is 4.74 Å². The van der Waals surface area contributed by atoms with Crippen LogP contribution in [0.4, 0.5) is 0 Å². The molecule has 0 spiro atoms. The Bertz CT molecular complexity index is 802. The van der Waals surface area contributed by atoms with Crippen LogP contribution in [0.3, 0.4) is 0 Å². The number of ether oxygens (including phenoxy) is 1. The van der Waals surface area contributed by atoms with Gasteiger partial charge in [0.25, 0.3) is 0 Å². The maximum Gasteiger partial charge on any atom is 0.166 e. The highest BCUT2D eigenvalue weighted by Crippen LogP contribution is 2.35. The fourth-order valence-electron chi connectivity index (χ4n) is 2.73. The van der Waals surface area contributed by atoms with Gasteiger partial charge in [-0.25, -0.2) is 0 Å². The highest BCUT2D eigenvalue weighted by molar-refractivity contribution is 5.85. The van der Waals surface area contributed by atoms with Crippen LogP contribution < -0.4 is 0 Å². The SMILES string of the molecule is C1=Cc2ccccc2C(c2nccc3ccccc23)O1. The summed E-state index contributed by atoms with van der Waals surface area (Å²) < 4.78 is 5.86. The van der Waals surface area contributed by atoms with Crippen molar-refractivity contribution in [1.82, 2.24) is 4.98 Å². The minimum absolute atomic E-state index is 0.137. The number of rotatable bonds is 1. The second-order valence-electron chi connectivity index (χ2n) is 4.87. The Morgan fingerprint density at radius 2 is 1.75 bits per heavy atom. The first-order valence-corrected chi connectivity index (χ1v) is 6.68. The summed E-state index contributed by atoms with van der Waals surface area (Å²) in [6.45, 7) is 0. The zero-order chi connectivity index (χ0) is 13.4. The van der Waals surface area contributed by atoms with Gasteiger partial charge in [0.1, 0.15) is 0 Å². The highest BCUT2D eigenvalue weighted by Gasteiger charge is 2.22. The molecule has 0 amide bonds. The smallest absolute Gasteiger partial charge is 0.166 e. The van der Waals surface area contributed by atoms with E-state index in [1.165, 1.54) is 16.5 Å². The largest absolute Gasteiger partial charge is 0.487 e. The average molecular weight is 259 g/mol. The van der Waals surface area contributed by atoms with Gasteiger partial charge in [0, 0.05) is 17.1 Å². The number of nitrogens with zero attached hydrogens (tertiary/aromatic N) is 1. The first kappa shape index (κ1) is 11.2. The fourth-order valence-corrected chi connectivity index (χ4v) is 2.73. The molecule has 2 heteroatoms. The lowest BCUT2D eigenvalue weighted by atomic mass is 9.95. The Kier molecular flexibility index (Phi) is 2.52. The van der Waals surface area contributed by atoms with Gasteiger partial charge in [-0.3, -0.25) is 4.98 Å². The van der Waals surface area contributed by atoms with Crippen LogP contribution in [-0.2, 0) is 4.74 Å². The summed E-state index contributed by atoms with van der Waals surface area (Å²) in [5, 5.41) is 2.33. The summed E-state index contributed by atoms with van der Waals surface area (Å²) in [5.74, 6) is 0. The van der Waals surface area contributed by atoms with Crippen LogP contribution >= 0.6 is 0 Å². The molecule has 2 heterocycles. The molecule has 1 aliphatic rings. The van der Waals surface area contributed by atoms with E-state index < -0.39 is 0 Å². The van der Waals surface area contributed by atoms with Crippen LogP contribution in [0.1, 0.15) is 22.9 Å². The summed E-state index contributed by atoms with van der Waals surface area (Å²) in [6, 6.07) is 18.6. The monoisotopic (exact) mass is 259 g/mol. The molecule has 3 aromatic rings. The van der Waals surface area contributed by atoms with E-state index >= 15 is 0 Å². The van der Waals surface area contributed by atoms with Gasteiger partial charge in [-0.15, -0.1) is 0 Å². The van der Waals surface area contributed by atoms with Crippen molar-refractivity contribution in [3.05, 3.63) is 83.9 Å². The molecular weight excluding hydrogens is 246 g/mol. The van der Waals surface area contributed by atoms with Crippen molar-refractivity contribution in [3.63, 3.8) is 0 Å². The van der Waals surface area contributed by atoms with Gasteiger partial charge in [0.15, 0.2) is 6.10 Å². The van der Waals surface area contributed by atoms with Gasteiger partial charge in [0.05, 0.1) is 12.0 Å². The van der Waals surface area contributed by atoms with Gasteiger partial charge in [-0.1, -0.05) is 48.5 Å². The molecule has 0 saturated heterocycles. The third-order valence-corrected chi connectivity index (χ3v) is 3.69. The number of benzene rings is 2. The molecule has 2 nitrogen and oxygen atoms in total. The molecule has 20 heavy (non-hydrogen) atoms. The van der Waals surface area contributed by atoms with Crippen molar-refractivity contribution < 1.29 is 4.74 Å². The molecule has 0 N–H and O–H groups in total. The zero-order valence-corrected chi connectivity index (χ0v) is 10.9. The number of pyridine rings is 1. The van der Waals surface area contributed by atoms with Gasteiger partial charge >= 0.3 is 0 Å². The second-order valence-corrected chi connectivity index (χ2v) is 4.87. The molecule has 1 atom stereocenters. The van der Waals surface area contributed by atoms with Crippen molar-refractivity contribution in [2.24, 2.45) is 0 Å². The van der Waals surface area contributed by atoms with E-state index in [9.17, 15) is 0 Å². The molecule has 2 aromatic carbocycles. The summed E-state index contributed by atoms with van der Waals surface area (Å²) >= 11 is 0. The lowest BCUT2D eigenvalue weighted by Gasteiger charge is -2.23. The molecule has 1 aromatic heterocycles. The lowest BCUT2D eigenvalue weighted by Crippen LogP contribution is -2.10. The van der Waals surface area contributed by atoms with Crippen LogP contribution in [-0.4, -0.2) is 4.98 Å². The van der Waals surface area contributed by atoms with E-state index in [0.717, 1.165) is 11.1 Å². The first-order chi connectivity index (χ1) is 9.93. The van der Waals surface area contributed by atoms with Crippen LogP contribution in [0, 0.1) is 0 Å². The molecule has 0 saturated carbocycles. The Hall–Kier alpha value is -2.61. The van der Waals surface area contributed by atoms with Gasteiger partial charge in [-0.05, 0) is 23.1 Å². The minimum Gasteiger partial charge on any atom is -0.487 e. The average Bonchev–Trinajstić information content (AvgIpc) is 2.54. The van der Waals surface area contributed by atoms with E-state index in [2.05, 4.69) is 29.2 Å².